The predicted octanol–water partition coefficient (Wildman–Crippen LogP) is 4.98. The zero-order chi connectivity index (χ0) is 27.6. The molecule has 2 saturated heterocycles. The van der Waals surface area contributed by atoms with Crippen LogP contribution in [0.15, 0.2) is 42.5 Å². The summed E-state index contributed by atoms with van der Waals surface area (Å²) in [7, 11) is 0. The molecule has 0 aromatic heterocycles. The summed E-state index contributed by atoms with van der Waals surface area (Å²) in [5, 5.41) is 6.59. The van der Waals surface area contributed by atoms with Gasteiger partial charge >= 0.3 is 0 Å². The van der Waals surface area contributed by atoms with Crippen molar-refractivity contribution in [2.24, 2.45) is 5.73 Å². The normalized spacial score (nSPS) is 24.4. The van der Waals surface area contributed by atoms with E-state index in [4.69, 9.17) is 26.8 Å². The summed E-state index contributed by atoms with van der Waals surface area (Å²) >= 11 is 6.64. The third kappa shape index (κ3) is 3.69. The molecule has 3 aromatic carbocycles. The van der Waals surface area contributed by atoms with Gasteiger partial charge < -0.3 is 25.8 Å². The van der Waals surface area contributed by atoms with Crippen molar-refractivity contribution >= 4 is 17.5 Å². The van der Waals surface area contributed by atoms with Crippen molar-refractivity contribution in [1.29, 1.82) is 0 Å². The summed E-state index contributed by atoms with van der Waals surface area (Å²) in [6, 6.07) is 12.6. The molecule has 2 fully saturated rings. The van der Waals surface area contributed by atoms with Gasteiger partial charge in [-0.3, -0.25) is 4.79 Å². The van der Waals surface area contributed by atoms with E-state index in [9.17, 15) is 4.79 Å². The lowest BCUT2D eigenvalue weighted by molar-refractivity contribution is 0.0539. The number of rotatable bonds is 4. The summed E-state index contributed by atoms with van der Waals surface area (Å²) in [6.07, 6.45) is 3.63. The van der Waals surface area contributed by atoms with Crippen LogP contribution < -0.4 is 25.8 Å². The minimum Gasteiger partial charge on any atom is -0.489 e. The molecule has 0 bridgehead atoms. The van der Waals surface area contributed by atoms with Gasteiger partial charge in [0.05, 0.1) is 23.2 Å². The first kappa shape index (κ1) is 25.7. The number of ether oxygens (including phenoxy) is 2. The van der Waals surface area contributed by atoms with Crippen LogP contribution in [0.5, 0.6) is 11.5 Å². The molecular weight excluding hydrogens is 536 g/mol. The van der Waals surface area contributed by atoms with E-state index in [-0.39, 0.29) is 39.3 Å². The van der Waals surface area contributed by atoms with E-state index >= 15 is 8.78 Å². The van der Waals surface area contributed by atoms with Crippen molar-refractivity contribution in [3.8, 4) is 22.6 Å². The molecule has 4 aliphatic heterocycles. The van der Waals surface area contributed by atoms with Crippen LogP contribution in [0.1, 0.15) is 52.7 Å². The molecule has 0 radical (unpaired) electrons. The van der Waals surface area contributed by atoms with Crippen molar-refractivity contribution in [2.75, 3.05) is 26.2 Å². The van der Waals surface area contributed by atoms with Gasteiger partial charge in [-0.15, -0.1) is 0 Å². The second kappa shape index (κ2) is 9.43. The van der Waals surface area contributed by atoms with Gasteiger partial charge in [-0.25, -0.2) is 8.78 Å². The standard InChI is InChI=1S/C31H30ClF2N3O3/c32-26-21(33)14-22-19(15-31(40-22,23-7-4-10-37-23)17-5-2-1-3-6-17)24(26)25-18(29(35)38)13-20-28(27(25)34)39-16-30(20)8-11-36-12-9-30/h1-3,5-6,13-14,23,36-37H,4,7-12,15-16H2,(H2,35,38)/t23?,31-/m0/s1. The molecule has 1 spiro atoms. The minimum absolute atomic E-state index is 0.0365. The maximum absolute atomic E-state index is 16.6. The molecule has 4 N–H and O–H groups in total. The summed E-state index contributed by atoms with van der Waals surface area (Å²) in [4.78, 5) is 12.9. The van der Waals surface area contributed by atoms with E-state index in [2.05, 4.69) is 10.6 Å². The molecule has 9 heteroatoms. The van der Waals surface area contributed by atoms with Crippen LogP contribution in [-0.4, -0.2) is 38.2 Å². The molecule has 0 aliphatic carbocycles. The largest absolute Gasteiger partial charge is 0.489 e. The van der Waals surface area contributed by atoms with E-state index in [1.807, 2.05) is 30.3 Å². The number of piperidine rings is 1. The summed E-state index contributed by atoms with van der Waals surface area (Å²) in [5.74, 6) is -1.95. The van der Waals surface area contributed by atoms with Crippen LogP contribution in [0, 0.1) is 11.6 Å². The molecule has 4 heterocycles. The Morgan fingerprint density at radius 1 is 1.07 bits per heavy atom. The fraction of sp³-hybridized carbons (Fsp3) is 0.387. The number of nitrogens with two attached hydrogens (primary N) is 1. The van der Waals surface area contributed by atoms with E-state index in [1.165, 1.54) is 6.07 Å². The molecule has 2 atom stereocenters. The number of halogens is 3. The Morgan fingerprint density at radius 3 is 2.55 bits per heavy atom. The molecule has 40 heavy (non-hydrogen) atoms. The fourth-order valence-electron chi connectivity index (χ4n) is 7.24. The van der Waals surface area contributed by atoms with Crippen LogP contribution in [-0.2, 0) is 17.4 Å². The van der Waals surface area contributed by atoms with Crippen molar-refractivity contribution in [3.05, 3.63) is 81.4 Å². The van der Waals surface area contributed by atoms with E-state index < -0.39 is 28.6 Å². The van der Waals surface area contributed by atoms with E-state index in [0.717, 1.165) is 50.9 Å². The number of benzene rings is 3. The van der Waals surface area contributed by atoms with E-state index in [0.29, 0.717) is 24.2 Å². The van der Waals surface area contributed by atoms with Gasteiger partial charge in [-0.2, -0.15) is 0 Å². The first-order valence-corrected chi connectivity index (χ1v) is 14.2. The van der Waals surface area contributed by atoms with Gasteiger partial charge in [-0.05, 0) is 56.9 Å². The highest BCUT2D eigenvalue weighted by Crippen LogP contribution is 2.55. The SMILES string of the molecule is NC(=O)c1cc2c(c(F)c1-c1c(Cl)c(F)cc3c1C[C@](c1ccccc1)(C1CCCN1)O3)OCC21CCNCC1. The van der Waals surface area contributed by atoms with Crippen LogP contribution >= 0.6 is 11.6 Å². The van der Waals surface area contributed by atoms with Gasteiger partial charge in [0.25, 0.3) is 0 Å². The number of primary amides is 1. The Morgan fingerprint density at radius 2 is 1.85 bits per heavy atom. The first-order valence-electron chi connectivity index (χ1n) is 13.8. The van der Waals surface area contributed by atoms with Crippen LogP contribution in [0.2, 0.25) is 5.02 Å². The monoisotopic (exact) mass is 565 g/mol. The highest BCUT2D eigenvalue weighted by molar-refractivity contribution is 6.34. The fourth-order valence-corrected chi connectivity index (χ4v) is 7.50. The maximum Gasteiger partial charge on any atom is 0.249 e. The molecule has 6 nitrogen and oxygen atoms in total. The van der Waals surface area contributed by atoms with Crippen molar-refractivity contribution in [2.45, 2.75) is 49.2 Å². The second-order valence-corrected chi connectivity index (χ2v) is 11.8. The van der Waals surface area contributed by atoms with Crippen LogP contribution in [0.25, 0.3) is 11.1 Å². The van der Waals surface area contributed by atoms with Crippen LogP contribution in [0.3, 0.4) is 0 Å². The third-order valence-corrected chi connectivity index (χ3v) is 9.63. The first-order chi connectivity index (χ1) is 19.3. The highest BCUT2D eigenvalue weighted by Gasteiger charge is 2.51. The van der Waals surface area contributed by atoms with E-state index in [1.54, 1.807) is 6.07 Å². The van der Waals surface area contributed by atoms with Crippen molar-refractivity contribution in [3.63, 3.8) is 0 Å². The topological polar surface area (TPSA) is 85.6 Å². The maximum atomic E-state index is 16.6. The van der Waals surface area contributed by atoms with Gasteiger partial charge in [0.2, 0.25) is 5.91 Å². The molecule has 1 unspecified atom stereocenters. The van der Waals surface area contributed by atoms with Crippen molar-refractivity contribution < 1.29 is 23.0 Å². The molecule has 4 aliphatic rings. The number of amides is 1. The van der Waals surface area contributed by atoms with Gasteiger partial charge in [0, 0.05) is 40.2 Å². The molecule has 7 rings (SSSR count). The number of hydrogen-bond acceptors (Lipinski definition) is 5. The summed E-state index contributed by atoms with van der Waals surface area (Å²) in [5.41, 5.74) is 6.64. The summed E-state index contributed by atoms with van der Waals surface area (Å²) < 4.78 is 44.7. The average Bonchev–Trinajstić information content (AvgIpc) is 3.70. The average molecular weight is 566 g/mol. The highest BCUT2D eigenvalue weighted by atomic mass is 35.5. The van der Waals surface area contributed by atoms with Gasteiger partial charge in [0.1, 0.15) is 11.6 Å². The van der Waals surface area contributed by atoms with Gasteiger partial charge in [-0.1, -0.05) is 41.9 Å². The lowest BCUT2D eigenvalue weighted by Gasteiger charge is -2.35. The molecule has 3 aromatic rings. The number of nitrogens with one attached hydrogen (secondary N) is 2. The lowest BCUT2D eigenvalue weighted by Crippen LogP contribution is -2.48. The quantitative estimate of drug-likeness (QED) is 0.415. The van der Waals surface area contributed by atoms with Crippen molar-refractivity contribution in [1.82, 2.24) is 10.6 Å². The third-order valence-electron chi connectivity index (χ3n) is 9.27. The summed E-state index contributed by atoms with van der Waals surface area (Å²) in [6.45, 7) is 2.66. The minimum atomic E-state index is -0.859. The Labute approximate surface area is 236 Å². The van der Waals surface area contributed by atoms with Gasteiger partial charge in [0.15, 0.2) is 17.2 Å². The number of carbonyl (C=O) groups excluding carboxylic acids is 1. The zero-order valence-corrected chi connectivity index (χ0v) is 22.7. The number of hydrogen-bond donors (Lipinski definition) is 3. The smallest absolute Gasteiger partial charge is 0.249 e. The Balaban J connectivity index is 1.44. The zero-order valence-electron chi connectivity index (χ0n) is 21.9. The number of fused-ring (bicyclic) bond motifs is 3. The molecule has 1 amide bonds. The Hall–Kier alpha value is -3.20. The lowest BCUT2D eigenvalue weighted by atomic mass is 9.73. The predicted molar refractivity (Wildman–Crippen MR) is 148 cm³/mol. The molecule has 0 saturated carbocycles. The molecular formula is C31H30ClF2N3O3. The Kier molecular flexibility index (Phi) is 6.07. The number of carbonyl (C=O) groups is 1. The molecule has 208 valence electrons. The van der Waals surface area contributed by atoms with Crippen LogP contribution in [0.4, 0.5) is 8.78 Å². The second-order valence-electron chi connectivity index (χ2n) is 11.4. The Bertz CT molecular complexity index is 1520.